The van der Waals surface area contributed by atoms with Crippen LogP contribution >= 0.6 is 0 Å². The first-order chi connectivity index (χ1) is 10.5. The van der Waals surface area contributed by atoms with Crippen LogP contribution < -0.4 is 11.1 Å². The van der Waals surface area contributed by atoms with E-state index >= 15 is 0 Å². The van der Waals surface area contributed by atoms with Gasteiger partial charge in [0, 0.05) is 25.0 Å². The lowest BCUT2D eigenvalue weighted by molar-refractivity contribution is 0.0235. The zero-order valence-electron chi connectivity index (χ0n) is 12.3. The number of hydrogen-bond donors (Lipinski definition) is 3. The van der Waals surface area contributed by atoms with Crippen LogP contribution in [0, 0.1) is 5.92 Å². The number of pyridine rings is 1. The van der Waals surface area contributed by atoms with Crippen molar-refractivity contribution in [1.82, 2.24) is 20.1 Å². The molecule has 116 valence electrons. The average Bonchev–Trinajstić information content (AvgIpc) is 2.89. The Balaban J connectivity index is 1.77. The number of aliphatic hydroxyl groups is 1. The molecule has 0 aliphatic heterocycles. The number of carbonyl (C=O) groups excluding carboxylic acids is 1. The molecule has 1 aliphatic carbocycles. The molecule has 0 spiro atoms. The number of amides is 1. The van der Waals surface area contributed by atoms with E-state index in [1.165, 1.54) is 6.20 Å². The van der Waals surface area contributed by atoms with E-state index in [0.29, 0.717) is 24.2 Å². The van der Waals surface area contributed by atoms with Gasteiger partial charge in [-0.3, -0.25) is 9.48 Å². The Hall–Kier alpha value is -2.41. The normalized spacial score (nSPS) is 21.9. The topological polar surface area (TPSA) is 106 Å². The highest BCUT2D eigenvalue weighted by Crippen LogP contribution is 2.38. The van der Waals surface area contributed by atoms with Crippen LogP contribution in [0.5, 0.6) is 0 Å². The van der Waals surface area contributed by atoms with E-state index in [0.717, 1.165) is 5.56 Å². The molecule has 2 heterocycles. The predicted molar refractivity (Wildman–Crippen MR) is 80.8 cm³/mol. The van der Waals surface area contributed by atoms with Crippen molar-refractivity contribution in [3.05, 3.63) is 41.9 Å². The van der Waals surface area contributed by atoms with Gasteiger partial charge in [-0.2, -0.15) is 5.10 Å². The van der Waals surface area contributed by atoms with Gasteiger partial charge in [-0.25, -0.2) is 4.98 Å². The van der Waals surface area contributed by atoms with E-state index < -0.39 is 0 Å². The summed E-state index contributed by atoms with van der Waals surface area (Å²) in [6.07, 6.45) is 6.17. The fourth-order valence-corrected chi connectivity index (χ4v) is 2.74. The van der Waals surface area contributed by atoms with Gasteiger partial charge in [-0.05, 0) is 30.9 Å². The minimum atomic E-state index is -0.278. The van der Waals surface area contributed by atoms with Crippen molar-refractivity contribution in [3.8, 4) is 0 Å². The number of nitrogens with one attached hydrogen (secondary N) is 1. The monoisotopic (exact) mass is 301 g/mol. The fraction of sp³-hybridized carbons (Fsp3) is 0.400. The van der Waals surface area contributed by atoms with Crippen LogP contribution in [-0.4, -0.2) is 31.9 Å². The third kappa shape index (κ3) is 2.94. The van der Waals surface area contributed by atoms with Crippen molar-refractivity contribution in [2.75, 3.05) is 5.73 Å². The van der Waals surface area contributed by atoms with Crippen LogP contribution in [0.4, 0.5) is 5.82 Å². The van der Waals surface area contributed by atoms with Crippen LogP contribution in [0.25, 0.3) is 0 Å². The average molecular weight is 301 g/mol. The minimum absolute atomic E-state index is 0.165. The Morgan fingerprint density at radius 1 is 1.45 bits per heavy atom. The van der Waals surface area contributed by atoms with Crippen molar-refractivity contribution in [2.45, 2.75) is 25.0 Å². The summed E-state index contributed by atoms with van der Waals surface area (Å²) in [5.74, 6) is 0.384. The fourth-order valence-electron chi connectivity index (χ4n) is 2.74. The molecule has 4 N–H and O–H groups in total. The molecule has 0 saturated heterocycles. The van der Waals surface area contributed by atoms with Crippen molar-refractivity contribution in [1.29, 1.82) is 0 Å². The van der Waals surface area contributed by atoms with Crippen LogP contribution in [0.3, 0.4) is 0 Å². The zero-order chi connectivity index (χ0) is 15.7. The number of hydrogen-bond acceptors (Lipinski definition) is 5. The van der Waals surface area contributed by atoms with E-state index in [9.17, 15) is 9.90 Å². The number of carbonyl (C=O) groups is 1. The maximum Gasteiger partial charge on any atom is 0.253 e. The molecule has 1 atom stereocenters. The van der Waals surface area contributed by atoms with Gasteiger partial charge in [0.05, 0.1) is 23.9 Å². The number of nitrogens with zero attached hydrogens (tertiary/aromatic N) is 3. The Bertz CT molecular complexity index is 661. The minimum Gasteiger partial charge on any atom is -0.393 e. The lowest BCUT2D eigenvalue weighted by Gasteiger charge is -2.37. The van der Waals surface area contributed by atoms with Gasteiger partial charge in [0.2, 0.25) is 0 Å². The third-order valence-electron chi connectivity index (χ3n) is 4.04. The summed E-state index contributed by atoms with van der Waals surface area (Å²) in [4.78, 5) is 16.3. The summed E-state index contributed by atoms with van der Waals surface area (Å²) < 4.78 is 1.70. The van der Waals surface area contributed by atoms with Crippen LogP contribution in [0.1, 0.15) is 34.8 Å². The predicted octanol–water partition coefficient (Wildman–Crippen LogP) is 0.639. The highest BCUT2D eigenvalue weighted by molar-refractivity contribution is 5.94. The molecule has 7 nitrogen and oxygen atoms in total. The van der Waals surface area contributed by atoms with Gasteiger partial charge in [0.25, 0.3) is 5.91 Å². The van der Waals surface area contributed by atoms with Crippen LogP contribution in [-0.2, 0) is 7.05 Å². The molecule has 0 bridgehead atoms. The summed E-state index contributed by atoms with van der Waals surface area (Å²) >= 11 is 0. The zero-order valence-corrected chi connectivity index (χ0v) is 12.3. The van der Waals surface area contributed by atoms with Gasteiger partial charge in [-0.1, -0.05) is 0 Å². The van der Waals surface area contributed by atoms with E-state index in [1.54, 1.807) is 23.0 Å². The SMILES string of the molecule is Cn1cc([C@H](NC(=O)c2ccc(N)nc2)C2CC(O)C2)cn1. The molecule has 7 heteroatoms. The van der Waals surface area contributed by atoms with Gasteiger partial charge in [-0.15, -0.1) is 0 Å². The second kappa shape index (κ2) is 5.76. The van der Waals surface area contributed by atoms with Gasteiger partial charge < -0.3 is 16.2 Å². The second-order valence-electron chi connectivity index (χ2n) is 5.76. The first-order valence-corrected chi connectivity index (χ1v) is 7.22. The molecule has 0 radical (unpaired) electrons. The van der Waals surface area contributed by atoms with Crippen molar-refractivity contribution in [2.24, 2.45) is 13.0 Å². The smallest absolute Gasteiger partial charge is 0.253 e. The molecular weight excluding hydrogens is 282 g/mol. The molecule has 2 aromatic heterocycles. The van der Waals surface area contributed by atoms with Crippen LogP contribution in [0.2, 0.25) is 0 Å². The lowest BCUT2D eigenvalue weighted by Crippen LogP contribution is -2.41. The maximum absolute atomic E-state index is 12.4. The number of nitrogen functional groups attached to an aromatic ring is 1. The maximum atomic E-state index is 12.4. The Morgan fingerprint density at radius 2 is 2.23 bits per heavy atom. The molecule has 22 heavy (non-hydrogen) atoms. The van der Waals surface area contributed by atoms with Crippen molar-refractivity contribution in [3.63, 3.8) is 0 Å². The largest absolute Gasteiger partial charge is 0.393 e. The highest BCUT2D eigenvalue weighted by Gasteiger charge is 2.36. The van der Waals surface area contributed by atoms with E-state index in [2.05, 4.69) is 15.4 Å². The quantitative estimate of drug-likeness (QED) is 0.768. The first-order valence-electron chi connectivity index (χ1n) is 7.22. The van der Waals surface area contributed by atoms with E-state index in [1.807, 2.05) is 13.2 Å². The van der Waals surface area contributed by atoms with Crippen molar-refractivity contribution < 1.29 is 9.90 Å². The Kier molecular flexibility index (Phi) is 3.81. The molecule has 2 aromatic rings. The molecule has 0 aromatic carbocycles. The summed E-state index contributed by atoms with van der Waals surface area (Å²) in [5.41, 5.74) is 6.94. The lowest BCUT2D eigenvalue weighted by atomic mass is 9.75. The summed E-state index contributed by atoms with van der Waals surface area (Å²) in [6.45, 7) is 0. The van der Waals surface area contributed by atoms with E-state index in [4.69, 9.17) is 5.73 Å². The first kappa shape index (κ1) is 14.5. The molecule has 3 rings (SSSR count). The number of aliphatic hydroxyl groups excluding tert-OH is 1. The van der Waals surface area contributed by atoms with Crippen LogP contribution in [0.15, 0.2) is 30.7 Å². The molecule has 1 aliphatic rings. The van der Waals surface area contributed by atoms with E-state index in [-0.39, 0.29) is 24.0 Å². The number of aromatic nitrogens is 3. The van der Waals surface area contributed by atoms with Crippen molar-refractivity contribution >= 4 is 11.7 Å². The molecule has 1 saturated carbocycles. The Morgan fingerprint density at radius 3 is 2.77 bits per heavy atom. The summed E-state index contributed by atoms with van der Waals surface area (Å²) in [5, 5.41) is 16.7. The molecule has 1 amide bonds. The standard InChI is InChI=1S/C15H19N5O2/c1-20-8-11(7-18-20)14(10-4-12(21)5-10)19-15(22)9-2-3-13(16)17-6-9/h2-3,6-8,10,12,14,21H,4-5H2,1H3,(H2,16,17)(H,19,22)/t10?,12?,14-/m1/s1. The summed E-state index contributed by atoms with van der Waals surface area (Å²) in [7, 11) is 1.84. The third-order valence-corrected chi connectivity index (χ3v) is 4.04. The number of nitrogens with two attached hydrogens (primary N) is 1. The highest BCUT2D eigenvalue weighted by atomic mass is 16.3. The molecule has 0 unspecified atom stereocenters. The number of anilines is 1. The van der Waals surface area contributed by atoms with Gasteiger partial charge >= 0.3 is 0 Å². The summed E-state index contributed by atoms with van der Waals surface area (Å²) in [6, 6.07) is 3.08. The number of aryl methyl sites for hydroxylation is 1. The number of rotatable bonds is 4. The van der Waals surface area contributed by atoms with Gasteiger partial charge in [0.1, 0.15) is 5.82 Å². The van der Waals surface area contributed by atoms with Gasteiger partial charge in [0.15, 0.2) is 0 Å². The molecular formula is C15H19N5O2. The Labute approximate surface area is 128 Å². The second-order valence-corrected chi connectivity index (χ2v) is 5.76. The molecule has 1 fully saturated rings.